The van der Waals surface area contributed by atoms with Crippen LogP contribution in [0, 0.1) is 5.82 Å². The molecule has 8 heteroatoms. The average Bonchev–Trinajstić information content (AvgIpc) is 3.34. The van der Waals surface area contributed by atoms with E-state index in [1.165, 1.54) is 15.2 Å². The zero-order valence-corrected chi connectivity index (χ0v) is 19.1. The standard InChI is InChI=1S/C25H24FN5O2/c1-14(2)15-6-7-21(19(26)8-15)31-24-18-9-17(16-11-28-29(3)13-16)23(33-5)10-20(18)27-12-22(24)30(4)25(31)32/h6-14H,1-5H3. The number of halogens is 1. The first-order valence-electron chi connectivity index (χ1n) is 10.7. The van der Waals surface area contributed by atoms with Crippen molar-refractivity contribution in [2.75, 3.05) is 7.11 Å². The van der Waals surface area contributed by atoms with E-state index in [-0.39, 0.29) is 17.3 Å². The molecule has 2 aromatic carbocycles. The van der Waals surface area contributed by atoms with Crippen molar-refractivity contribution >= 4 is 21.9 Å². The summed E-state index contributed by atoms with van der Waals surface area (Å²) < 4.78 is 25.5. The molecule has 0 spiro atoms. The topological polar surface area (TPSA) is 66.9 Å². The second-order valence-electron chi connectivity index (χ2n) is 8.51. The Kier molecular flexibility index (Phi) is 4.81. The normalized spacial score (nSPS) is 11.7. The van der Waals surface area contributed by atoms with Gasteiger partial charge in [0.05, 0.1) is 41.7 Å². The van der Waals surface area contributed by atoms with Gasteiger partial charge in [0.2, 0.25) is 0 Å². The van der Waals surface area contributed by atoms with Crippen molar-refractivity contribution in [3.8, 4) is 22.6 Å². The number of hydrogen-bond acceptors (Lipinski definition) is 4. The van der Waals surface area contributed by atoms with Crippen LogP contribution in [0.4, 0.5) is 4.39 Å². The summed E-state index contributed by atoms with van der Waals surface area (Å²) in [6.45, 7) is 4.01. The van der Waals surface area contributed by atoms with Crippen LogP contribution in [0.5, 0.6) is 5.75 Å². The summed E-state index contributed by atoms with van der Waals surface area (Å²) in [5.41, 5.74) is 4.27. The van der Waals surface area contributed by atoms with Crippen LogP contribution in [0.25, 0.3) is 38.8 Å². The number of pyridine rings is 1. The van der Waals surface area contributed by atoms with Gasteiger partial charge in [0.25, 0.3) is 0 Å². The predicted molar refractivity (Wildman–Crippen MR) is 127 cm³/mol. The Balaban J connectivity index is 1.89. The molecular weight excluding hydrogens is 421 g/mol. The molecule has 0 fully saturated rings. The Hall–Kier alpha value is -3.94. The zero-order chi connectivity index (χ0) is 23.4. The summed E-state index contributed by atoms with van der Waals surface area (Å²) in [5, 5.41) is 4.98. The van der Waals surface area contributed by atoms with Crippen LogP contribution < -0.4 is 10.4 Å². The number of aromatic nitrogens is 5. The first-order chi connectivity index (χ1) is 15.8. The van der Waals surface area contributed by atoms with Crippen LogP contribution in [0.15, 0.2) is 53.7 Å². The van der Waals surface area contributed by atoms with Crippen LogP contribution in [0.3, 0.4) is 0 Å². The highest BCUT2D eigenvalue weighted by Crippen LogP contribution is 2.36. The molecule has 0 bridgehead atoms. The Morgan fingerprint density at radius 1 is 1.09 bits per heavy atom. The number of nitrogens with zero attached hydrogens (tertiary/aromatic N) is 5. The van der Waals surface area contributed by atoms with Crippen molar-refractivity contribution in [2.45, 2.75) is 19.8 Å². The quantitative estimate of drug-likeness (QED) is 0.407. The zero-order valence-electron chi connectivity index (χ0n) is 19.1. The fourth-order valence-electron chi connectivity index (χ4n) is 4.27. The molecule has 0 radical (unpaired) electrons. The van der Waals surface area contributed by atoms with E-state index >= 15 is 4.39 Å². The van der Waals surface area contributed by atoms with Gasteiger partial charge in [-0.25, -0.2) is 9.18 Å². The third-order valence-electron chi connectivity index (χ3n) is 6.10. The number of rotatable bonds is 4. The molecule has 0 saturated carbocycles. The number of benzene rings is 2. The Bertz CT molecular complexity index is 1590. The molecule has 33 heavy (non-hydrogen) atoms. The highest BCUT2D eigenvalue weighted by Gasteiger charge is 2.21. The number of aryl methyl sites for hydroxylation is 2. The summed E-state index contributed by atoms with van der Waals surface area (Å²) in [5.74, 6) is 0.374. The summed E-state index contributed by atoms with van der Waals surface area (Å²) in [6.07, 6.45) is 5.28. The van der Waals surface area contributed by atoms with Gasteiger partial charge >= 0.3 is 5.69 Å². The van der Waals surface area contributed by atoms with Crippen molar-refractivity contribution in [2.24, 2.45) is 14.1 Å². The van der Waals surface area contributed by atoms with Gasteiger partial charge in [0.1, 0.15) is 11.6 Å². The lowest BCUT2D eigenvalue weighted by Gasteiger charge is -2.12. The smallest absolute Gasteiger partial charge is 0.333 e. The molecule has 5 rings (SSSR count). The van der Waals surface area contributed by atoms with E-state index in [4.69, 9.17) is 4.74 Å². The maximum Gasteiger partial charge on any atom is 0.333 e. The Morgan fingerprint density at radius 3 is 2.52 bits per heavy atom. The maximum absolute atomic E-state index is 15.3. The average molecular weight is 445 g/mol. The van der Waals surface area contributed by atoms with E-state index in [1.54, 1.807) is 37.3 Å². The highest BCUT2D eigenvalue weighted by molar-refractivity contribution is 6.05. The molecule has 0 unspecified atom stereocenters. The van der Waals surface area contributed by atoms with Crippen molar-refractivity contribution < 1.29 is 9.13 Å². The molecule has 0 N–H and O–H groups in total. The SMILES string of the molecule is COc1cc2ncc3c(c2cc1-c1cnn(C)c1)n(-c1ccc(C(C)C)cc1F)c(=O)n3C. The van der Waals surface area contributed by atoms with Gasteiger partial charge in [0, 0.05) is 42.9 Å². The molecule has 3 aromatic heterocycles. The van der Waals surface area contributed by atoms with Gasteiger partial charge in [-0.05, 0) is 29.7 Å². The molecule has 168 valence electrons. The molecule has 3 heterocycles. The van der Waals surface area contributed by atoms with Gasteiger partial charge < -0.3 is 4.74 Å². The van der Waals surface area contributed by atoms with Crippen molar-refractivity contribution in [1.82, 2.24) is 23.9 Å². The maximum atomic E-state index is 15.3. The van der Waals surface area contributed by atoms with Gasteiger partial charge in [-0.15, -0.1) is 0 Å². The van der Waals surface area contributed by atoms with Crippen LogP contribution in [-0.4, -0.2) is 31.0 Å². The van der Waals surface area contributed by atoms with Crippen LogP contribution in [0.2, 0.25) is 0 Å². The van der Waals surface area contributed by atoms with Gasteiger partial charge in [-0.1, -0.05) is 19.9 Å². The number of ether oxygens (including phenoxy) is 1. The lowest BCUT2D eigenvalue weighted by atomic mass is 10.0. The fourth-order valence-corrected chi connectivity index (χ4v) is 4.27. The van der Waals surface area contributed by atoms with Crippen LogP contribution in [-0.2, 0) is 14.1 Å². The first kappa shape index (κ1) is 20.9. The lowest BCUT2D eigenvalue weighted by molar-refractivity contribution is 0.417. The summed E-state index contributed by atoms with van der Waals surface area (Å²) in [6, 6.07) is 8.79. The highest BCUT2D eigenvalue weighted by atomic mass is 19.1. The molecule has 0 amide bonds. The summed E-state index contributed by atoms with van der Waals surface area (Å²) in [4.78, 5) is 17.8. The first-order valence-corrected chi connectivity index (χ1v) is 10.7. The second-order valence-corrected chi connectivity index (χ2v) is 8.51. The van der Waals surface area contributed by atoms with Gasteiger partial charge in [-0.3, -0.25) is 18.8 Å². The van der Waals surface area contributed by atoms with Crippen LogP contribution >= 0.6 is 0 Å². The van der Waals surface area contributed by atoms with E-state index < -0.39 is 5.82 Å². The van der Waals surface area contributed by atoms with E-state index in [0.717, 1.165) is 22.1 Å². The largest absolute Gasteiger partial charge is 0.496 e. The molecule has 0 atom stereocenters. The van der Waals surface area contributed by atoms with Crippen molar-refractivity contribution in [3.63, 3.8) is 0 Å². The number of imidazole rings is 1. The van der Waals surface area contributed by atoms with E-state index in [0.29, 0.717) is 22.3 Å². The second kappa shape index (κ2) is 7.58. The lowest BCUT2D eigenvalue weighted by Crippen LogP contribution is -2.21. The third kappa shape index (κ3) is 3.21. The monoisotopic (exact) mass is 445 g/mol. The predicted octanol–water partition coefficient (Wildman–Crippen LogP) is 4.55. The molecular formula is C25H24FN5O2. The Labute approximate surface area is 189 Å². The Morgan fingerprint density at radius 2 is 1.88 bits per heavy atom. The molecule has 0 aliphatic rings. The van der Waals surface area contributed by atoms with Gasteiger partial charge in [0.15, 0.2) is 0 Å². The van der Waals surface area contributed by atoms with E-state index in [1.807, 2.05) is 45.3 Å². The van der Waals surface area contributed by atoms with Gasteiger partial charge in [-0.2, -0.15) is 5.10 Å². The number of fused-ring (bicyclic) bond motifs is 3. The molecule has 5 aromatic rings. The minimum atomic E-state index is -0.443. The molecule has 0 saturated heterocycles. The molecule has 7 nitrogen and oxygen atoms in total. The third-order valence-corrected chi connectivity index (χ3v) is 6.10. The minimum absolute atomic E-state index is 0.178. The van der Waals surface area contributed by atoms with E-state index in [2.05, 4.69) is 10.1 Å². The number of methoxy groups -OCH3 is 1. The number of hydrogen-bond donors (Lipinski definition) is 0. The van der Waals surface area contributed by atoms with Crippen molar-refractivity contribution in [3.05, 3.63) is 70.8 Å². The van der Waals surface area contributed by atoms with E-state index in [9.17, 15) is 4.79 Å². The minimum Gasteiger partial charge on any atom is -0.496 e. The summed E-state index contributed by atoms with van der Waals surface area (Å²) >= 11 is 0. The molecule has 0 aliphatic heterocycles. The fraction of sp³-hybridized carbons (Fsp3) is 0.240. The molecule has 0 aliphatic carbocycles. The van der Waals surface area contributed by atoms with Crippen molar-refractivity contribution in [1.29, 1.82) is 0 Å². The van der Waals surface area contributed by atoms with Crippen LogP contribution in [0.1, 0.15) is 25.3 Å². The summed E-state index contributed by atoms with van der Waals surface area (Å²) in [7, 11) is 5.11.